The number of amides is 1. The molecule has 0 aliphatic rings. The highest BCUT2D eigenvalue weighted by molar-refractivity contribution is 9.10. The van der Waals surface area contributed by atoms with Crippen LogP contribution in [0.4, 0.5) is 10.1 Å². The van der Waals surface area contributed by atoms with Gasteiger partial charge in [0, 0.05) is 15.7 Å². The van der Waals surface area contributed by atoms with Gasteiger partial charge in [0.25, 0.3) is 5.91 Å². The van der Waals surface area contributed by atoms with Gasteiger partial charge in [0.2, 0.25) is 10.0 Å². The van der Waals surface area contributed by atoms with Gasteiger partial charge in [-0.2, -0.15) is 0 Å². The Kier molecular flexibility index (Phi) is 4.40. The van der Waals surface area contributed by atoms with E-state index in [1.807, 2.05) is 0 Å². The van der Waals surface area contributed by atoms with Crippen LogP contribution in [0.5, 0.6) is 0 Å². The maximum Gasteiger partial charge on any atom is 0.255 e. The summed E-state index contributed by atoms with van der Waals surface area (Å²) in [6.07, 6.45) is 0. The number of nitrogens with one attached hydrogen (secondary N) is 1. The van der Waals surface area contributed by atoms with Gasteiger partial charge in [-0.15, -0.1) is 0 Å². The molecule has 2 aromatic rings. The van der Waals surface area contributed by atoms with E-state index in [-0.39, 0.29) is 5.69 Å². The number of sulfonamides is 1. The first kappa shape index (κ1) is 15.6. The molecule has 0 aromatic heterocycles. The molecular formula is C13H10BrFN2O3S. The molecule has 1 amide bonds. The molecule has 0 aliphatic carbocycles. The fourth-order valence-corrected chi connectivity index (χ4v) is 2.44. The van der Waals surface area contributed by atoms with Crippen LogP contribution in [0.15, 0.2) is 51.8 Å². The fraction of sp³-hybridized carbons (Fsp3) is 0. The molecular weight excluding hydrogens is 363 g/mol. The summed E-state index contributed by atoms with van der Waals surface area (Å²) in [5.41, 5.74) is 0.353. The third kappa shape index (κ3) is 4.10. The van der Waals surface area contributed by atoms with Gasteiger partial charge in [0.05, 0.1) is 4.90 Å². The van der Waals surface area contributed by atoms with Gasteiger partial charge in [-0.3, -0.25) is 4.79 Å². The van der Waals surface area contributed by atoms with E-state index in [4.69, 9.17) is 5.14 Å². The lowest BCUT2D eigenvalue weighted by atomic mass is 10.2. The smallest absolute Gasteiger partial charge is 0.255 e. The molecule has 0 unspecified atom stereocenters. The molecule has 0 saturated carbocycles. The lowest BCUT2D eigenvalue weighted by Gasteiger charge is -2.07. The van der Waals surface area contributed by atoms with E-state index in [0.29, 0.717) is 5.56 Å². The van der Waals surface area contributed by atoms with Crippen LogP contribution in [0.25, 0.3) is 0 Å². The van der Waals surface area contributed by atoms with Crippen molar-refractivity contribution in [1.82, 2.24) is 0 Å². The minimum atomic E-state index is -4.05. The number of anilines is 1. The van der Waals surface area contributed by atoms with Crippen molar-refractivity contribution in [3.05, 3.63) is 58.3 Å². The van der Waals surface area contributed by atoms with Crippen molar-refractivity contribution < 1.29 is 17.6 Å². The highest BCUT2D eigenvalue weighted by Gasteiger charge is 2.13. The van der Waals surface area contributed by atoms with Gasteiger partial charge in [-0.25, -0.2) is 17.9 Å². The summed E-state index contributed by atoms with van der Waals surface area (Å²) in [6.45, 7) is 0. The number of benzene rings is 2. The Hall–Kier alpha value is -1.77. The Morgan fingerprint density at radius 1 is 1.14 bits per heavy atom. The number of primary sulfonamides is 1. The predicted molar refractivity (Wildman–Crippen MR) is 79.9 cm³/mol. The van der Waals surface area contributed by atoms with Crippen molar-refractivity contribution >= 4 is 37.5 Å². The zero-order valence-corrected chi connectivity index (χ0v) is 12.9. The second-order valence-electron chi connectivity index (χ2n) is 4.18. The average Bonchev–Trinajstić information content (AvgIpc) is 2.37. The summed E-state index contributed by atoms with van der Waals surface area (Å²) in [6, 6.07) is 9.37. The van der Waals surface area contributed by atoms with Gasteiger partial charge >= 0.3 is 0 Å². The Bertz CT molecular complexity index is 792. The largest absolute Gasteiger partial charge is 0.322 e. The maximum atomic E-state index is 13.4. The van der Waals surface area contributed by atoms with Gasteiger partial charge < -0.3 is 5.32 Å². The van der Waals surface area contributed by atoms with Crippen molar-refractivity contribution in [3.8, 4) is 0 Å². The van der Waals surface area contributed by atoms with Gasteiger partial charge in [-0.1, -0.05) is 15.9 Å². The van der Waals surface area contributed by atoms with Gasteiger partial charge in [-0.05, 0) is 42.5 Å². The molecule has 0 heterocycles. The van der Waals surface area contributed by atoms with Crippen molar-refractivity contribution in [2.24, 2.45) is 5.14 Å². The van der Waals surface area contributed by atoms with Crippen LogP contribution in [0.2, 0.25) is 0 Å². The molecule has 0 saturated heterocycles. The molecule has 0 radical (unpaired) electrons. The normalized spacial score (nSPS) is 11.2. The van der Waals surface area contributed by atoms with E-state index in [1.165, 1.54) is 0 Å². The second kappa shape index (κ2) is 5.92. The topological polar surface area (TPSA) is 89.3 Å². The van der Waals surface area contributed by atoms with Crippen LogP contribution in [0.1, 0.15) is 10.4 Å². The highest BCUT2D eigenvalue weighted by atomic mass is 79.9. The first-order chi connectivity index (χ1) is 9.75. The van der Waals surface area contributed by atoms with Crippen molar-refractivity contribution in [2.75, 3.05) is 5.32 Å². The van der Waals surface area contributed by atoms with E-state index in [9.17, 15) is 17.6 Å². The summed E-state index contributed by atoms with van der Waals surface area (Å²) >= 11 is 3.24. The van der Waals surface area contributed by atoms with E-state index in [0.717, 1.165) is 22.7 Å². The molecule has 110 valence electrons. The highest BCUT2D eigenvalue weighted by Crippen LogP contribution is 2.18. The first-order valence-corrected chi connectivity index (χ1v) is 8.00. The van der Waals surface area contributed by atoms with Crippen LogP contribution < -0.4 is 10.5 Å². The monoisotopic (exact) mass is 372 g/mol. The number of carbonyl (C=O) groups excluding carboxylic acids is 1. The minimum absolute atomic E-state index is 0.00643. The summed E-state index contributed by atoms with van der Waals surface area (Å²) in [5.74, 6) is -1.30. The van der Waals surface area contributed by atoms with Crippen LogP contribution in [-0.2, 0) is 10.0 Å². The molecule has 0 spiro atoms. The van der Waals surface area contributed by atoms with Crippen molar-refractivity contribution in [1.29, 1.82) is 0 Å². The number of rotatable bonds is 3. The van der Waals surface area contributed by atoms with Gasteiger partial charge in [0.1, 0.15) is 5.82 Å². The Balaban J connectivity index is 2.29. The molecule has 3 N–H and O–H groups in total. The number of halogens is 2. The first-order valence-electron chi connectivity index (χ1n) is 5.66. The molecule has 0 aliphatic heterocycles. The average molecular weight is 373 g/mol. The zero-order chi connectivity index (χ0) is 15.6. The Morgan fingerprint density at radius 2 is 1.76 bits per heavy atom. The molecule has 0 bridgehead atoms. The zero-order valence-electron chi connectivity index (χ0n) is 10.5. The van der Waals surface area contributed by atoms with E-state index >= 15 is 0 Å². The van der Waals surface area contributed by atoms with Crippen LogP contribution >= 0.6 is 15.9 Å². The molecule has 0 atom stereocenters. The van der Waals surface area contributed by atoms with Crippen LogP contribution in [0, 0.1) is 5.82 Å². The van der Waals surface area contributed by atoms with Crippen LogP contribution in [0.3, 0.4) is 0 Å². The lowest BCUT2D eigenvalue weighted by molar-refractivity contribution is 0.102. The number of hydrogen-bond acceptors (Lipinski definition) is 3. The number of nitrogens with two attached hydrogens (primary N) is 1. The van der Waals surface area contributed by atoms with Gasteiger partial charge in [0.15, 0.2) is 0 Å². The Morgan fingerprint density at radius 3 is 2.33 bits per heavy atom. The molecule has 8 heteroatoms. The minimum Gasteiger partial charge on any atom is -0.322 e. The molecule has 5 nitrogen and oxygen atoms in total. The summed E-state index contributed by atoms with van der Waals surface area (Å²) in [7, 11) is -4.05. The quantitative estimate of drug-likeness (QED) is 0.866. The molecule has 2 aromatic carbocycles. The SMILES string of the molecule is NS(=O)(=O)c1cc(F)cc(NC(=O)c2ccc(Br)cc2)c1. The van der Waals surface area contributed by atoms with Crippen LogP contribution in [-0.4, -0.2) is 14.3 Å². The molecule has 0 fully saturated rings. The standard InChI is InChI=1S/C13H10BrFN2O3S/c14-9-3-1-8(2-4-9)13(18)17-11-5-10(15)6-12(7-11)21(16,19)20/h1-7H,(H,17,18)(H2,16,19,20). The lowest BCUT2D eigenvalue weighted by Crippen LogP contribution is -2.15. The van der Waals surface area contributed by atoms with Crippen molar-refractivity contribution in [2.45, 2.75) is 4.90 Å². The summed E-state index contributed by atoms with van der Waals surface area (Å²) < 4.78 is 36.6. The maximum absolute atomic E-state index is 13.4. The second-order valence-corrected chi connectivity index (χ2v) is 6.66. The number of hydrogen-bond donors (Lipinski definition) is 2. The predicted octanol–water partition coefficient (Wildman–Crippen LogP) is 2.49. The summed E-state index contributed by atoms with van der Waals surface area (Å²) in [4.78, 5) is 11.6. The van der Waals surface area contributed by atoms with Crippen molar-refractivity contribution in [3.63, 3.8) is 0 Å². The fourth-order valence-electron chi connectivity index (χ4n) is 1.60. The van der Waals surface area contributed by atoms with E-state index in [1.54, 1.807) is 24.3 Å². The van der Waals surface area contributed by atoms with E-state index in [2.05, 4.69) is 21.2 Å². The Labute approximate surface area is 129 Å². The molecule has 21 heavy (non-hydrogen) atoms. The summed E-state index contributed by atoms with van der Waals surface area (Å²) in [5, 5.41) is 7.36. The van der Waals surface area contributed by atoms with E-state index < -0.39 is 26.6 Å². The third-order valence-electron chi connectivity index (χ3n) is 2.56. The molecule has 2 rings (SSSR count). The third-order valence-corrected chi connectivity index (χ3v) is 3.99. The number of carbonyl (C=O) groups is 1.